The molecule has 2 unspecified atom stereocenters. The van der Waals surface area contributed by atoms with Crippen molar-refractivity contribution in [2.45, 2.75) is 67.0 Å². The number of carbonyl (C=O) groups excluding carboxylic acids is 1. The van der Waals surface area contributed by atoms with E-state index in [1.54, 1.807) is 0 Å². The van der Waals surface area contributed by atoms with E-state index < -0.39 is 5.60 Å². The summed E-state index contributed by atoms with van der Waals surface area (Å²) in [6.45, 7) is 17.1. The fraction of sp³-hybridized carbons (Fsp3) is 0.929. The molecule has 0 aromatic carbocycles. The zero-order chi connectivity index (χ0) is 13.9. The summed E-state index contributed by atoms with van der Waals surface area (Å²) in [4.78, 5) is 11.7. The molecule has 0 radical (unpaired) electrons. The molecule has 1 N–H and O–H groups in total. The van der Waals surface area contributed by atoms with Gasteiger partial charge in [0.1, 0.15) is 11.6 Å². The van der Waals surface area contributed by atoms with Gasteiger partial charge >= 0.3 is 5.97 Å². The van der Waals surface area contributed by atoms with Gasteiger partial charge in [-0.15, -0.1) is 0 Å². The van der Waals surface area contributed by atoms with Crippen LogP contribution in [0.25, 0.3) is 0 Å². The Balaban J connectivity index is 4.11. The summed E-state index contributed by atoms with van der Waals surface area (Å²) in [5.41, 5.74) is -0.163. The van der Waals surface area contributed by atoms with E-state index in [-0.39, 0.29) is 17.4 Å². The van der Waals surface area contributed by atoms with Crippen molar-refractivity contribution in [1.82, 2.24) is 5.32 Å². The Bertz CT molecular complexity index is 248. The van der Waals surface area contributed by atoms with E-state index in [4.69, 9.17) is 4.74 Å². The lowest BCUT2D eigenvalue weighted by atomic mass is 9.82. The SMILES string of the molecule is CC(NCC(C)C(C)(C)C)C(=O)OC(C)(C)C. The number of hydrogen-bond donors (Lipinski definition) is 1. The van der Waals surface area contributed by atoms with Crippen molar-refractivity contribution in [3.63, 3.8) is 0 Å². The Morgan fingerprint density at radius 2 is 1.59 bits per heavy atom. The van der Waals surface area contributed by atoms with Gasteiger partial charge in [-0.3, -0.25) is 4.79 Å². The Morgan fingerprint density at radius 3 is 1.94 bits per heavy atom. The van der Waals surface area contributed by atoms with Crippen molar-refractivity contribution < 1.29 is 9.53 Å². The molecular formula is C14H29NO2. The summed E-state index contributed by atoms with van der Waals surface area (Å²) in [7, 11) is 0. The second kappa shape index (κ2) is 5.85. The van der Waals surface area contributed by atoms with Crippen molar-refractivity contribution >= 4 is 5.97 Å². The lowest BCUT2D eigenvalue weighted by molar-refractivity contribution is -0.157. The van der Waals surface area contributed by atoms with Crippen molar-refractivity contribution in [2.24, 2.45) is 11.3 Å². The van der Waals surface area contributed by atoms with Gasteiger partial charge in [0.2, 0.25) is 0 Å². The minimum atomic E-state index is -0.414. The van der Waals surface area contributed by atoms with Gasteiger partial charge in [-0.2, -0.15) is 0 Å². The van der Waals surface area contributed by atoms with Crippen molar-refractivity contribution in [1.29, 1.82) is 0 Å². The highest BCUT2D eigenvalue weighted by Crippen LogP contribution is 2.24. The number of ether oxygens (including phenoxy) is 1. The average molecular weight is 243 g/mol. The van der Waals surface area contributed by atoms with Crippen LogP contribution in [0, 0.1) is 11.3 Å². The molecule has 0 spiro atoms. The number of nitrogens with one attached hydrogen (secondary N) is 1. The molecule has 0 aliphatic carbocycles. The van der Waals surface area contributed by atoms with Crippen LogP contribution in [-0.2, 0) is 9.53 Å². The molecule has 3 nitrogen and oxygen atoms in total. The first-order chi connectivity index (χ1) is 7.43. The van der Waals surface area contributed by atoms with Gasteiger partial charge in [0.05, 0.1) is 0 Å². The molecule has 3 heteroatoms. The molecule has 2 atom stereocenters. The largest absolute Gasteiger partial charge is 0.459 e. The minimum absolute atomic E-state index is 0.182. The summed E-state index contributed by atoms with van der Waals surface area (Å²) >= 11 is 0. The summed E-state index contributed by atoms with van der Waals surface area (Å²) in [6, 6.07) is -0.251. The van der Waals surface area contributed by atoms with Crippen LogP contribution in [-0.4, -0.2) is 24.2 Å². The monoisotopic (exact) mass is 243 g/mol. The molecule has 0 saturated heterocycles. The Labute approximate surface area is 106 Å². The van der Waals surface area contributed by atoms with Gasteiger partial charge in [0.25, 0.3) is 0 Å². The fourth-order valence-corrected chi connectivity index (χ4v) is 1.13. The summed E-state index contributed by atoms with van der Waals surface area (Å²) in [6.07, 6.45) is 0. The molecule has 0 aromatic rings. The third-order valence-electron chi connectivity index (χ3n) is 2.97. The number of esters is 1. The highest BCUT2D eigenvalue weighted by Gasteiger charge is 2.24. The maximum absolute atomic E-state index is 11.7. The molecule has 0 rings (SSSR count). The first-order valence-corrected chi connectivity index (χ1v) is 6.39. The molecule has 102 valence electrons. The fourth-order valence-electron chi connectivity index (χ4n) is 1.13. The summed E-state index contributed by atoms with van der Waals surface area (Å²) in [5, 5.41) is 3.24. The van der Waals surface area contributed by atoms with Crippen LogP contribution in [0.5, 0.6) is 0 Å². The lowest BCUT2D eigenvalue weighted by Crippen LogP contribution is -2.42. The Morgan fingerprint density at radius 1 is 1.12 bits per heavy atom. The molecule has 0 aliphatic heterocycles. The van der Waals surface area contributed by atoms with Crippen LogP contribution < -0.4 is 5.32 Å². The topological polar surface area (TPSA) is 38.3 Å². The predicted octanol–water partition coefficient (Wildman–Crippen LogP) is 2.99. The predicted molar refractivity (Wildman–Crippen MR) is 71.9 cm³/mol. The Hall–Kier alpha value is -0.570. The van der Waals surface area contributed by atoms with Crippen LogP contribution in [0.1, 0.15) is 55.4 Å². The molecule has 0 aromatic heterocycles. The van der Waals surface area contributed by atoms with Gasteiger partial charge in [0, 0.05) is 0 Å². The number of carbonyl (C=O) groups is 1. The first-order valence-electron chi connectivity index (χ1n) is 6.39. The molecule has 0 saturated carbocycles. The minimum Gasteiger partial charge on any atom is -0.459 e. The Kier molecular flexibility index (Phi) is 5.66. The normalized spacial score (nSPS) is 16.5. The van der Waals surface area contributed by atoms with Gasteiger partial charge in [-0.05, 0) is 45.6 Å². The third kappa shape index (κ3) is 7.37. The summed E-state index contributed by atoms with van der Waals surface area (Å²) in [5.74, 6) is 0.325. The quantitative estimate of drug-likeness (QED) is 0.771. The molecule has 0 aliphatic rings. The van der Waals surface area contributed by atoms with E-state index in [0.717, 1.165) is 6.54 Å². The van der Waals surface area contributed by atoms with Crippen LogP contribution in [0.15, 0.2) is 0 Å². The third-order valence-corrected chi connectivity index (χ3v) is 2.97. The van der Waals surface area contributed by atoms with Crippen LogP contribution in [0.4, 0.5) is 0 Å². The lowest BCUT2D eigenvalue weighted by Gasteiger charge is -2.29. The maximum atomic E-state index is 11.7. The van der Waals surface area contributed by atoms with Gasteiger partial charge in [0.15, 0.2) is 0 Å². The van der Waals surface area contributed by atoms with E-state index in [1.807, 2.05) is 27.7 Å². The van der Waals surface area contributed by atoms with Crippen molar-refractivity contribution in [2.75, 3.05) is 6.54 Å². The molecule has 0 heterocycles. The molecule has 0 amide bonds. The zero-order valence-corrected chi connectivity index (χ0v) is 12.7. The first kappa shape index (κ1) is 16.4. The smallest absolute Gasteiger partial charge is 0.323 e. The molecule has 0 bridgehead atoms. The van der Waals surface area contributed by atoms with E-state index in [2.05, 4.69) is 33.0 Å². The van der Waals surface area contributed by atoms with E-state index in [1.165, 1.54) is 0 Å². The highest BCUT2D eigenvalue weighted by molar-refractivity contribution is 5.75. The van der Waals surface area contributed by atoms with Gasteiger partial charge in [-0.1, -0.05) is 27.7 Å². The molecule has 17 heavy (non-hydrogen) atoms. The van der Waals surface area contributed by atoms with Crippen LogP contribution in [0.2, 0.25) is 0 Å². The van der Waals surface area contributed by atoms with E-state index in [0.29, 0.717) is 5.92 Å². The highest BCUT2D eigenvalue weighted by atomic mass is 16.6. The number of hydrogen-bond acceptors (Lipinski definition) is 3. The van der Waals surface area contributed by atoms with E-state index in [9.17, 15) is 4.79 Å². The standard InChI is InChI=1S/C14H29NO2/c1-10(13(3,4)5)9-15-11(2)12(16)17-14(6,7)8/h10-11,15H,9H2,1-8H3. The maximum Gasteiger partial charge on any atom is 0.323 e. The molecular weight excluding hydrogens is 214 g/mol. The van der Waals surface area contributed by atoms with Crippen LogP contribution in [0.3, 0.4) is 0 Å². The van der Waals surface area contributed by atoms with Crippen molar-refractivity contribution in [3.8, 4) is 0 Å². The van der Waals surface area contributed by atoms with Gasteiger partial charge in [-0.25, -0.2) is 0 Å². The molecule has 0 fully saturated rings. The second-order valence-electron chi connectivity index (χ2n) is 6.93. The number of rotatable bonds is 4. The summed E-state index contributed by atoms with van der Waals surface area (Å²) < 4.78 is 5.32. The zero-order valence-electron chi connectivity index (χ0n) is 12.7. The average Bonchev–Trinajstić information content (AvgIpc) is 2.08. The second-order valence-corrected chi connectivity index (χ2v) is 6.93. The van der Waals surface area contributed by atoms with Crippen molar-refractivity contribution in [3.05, 3.63) is 0 Å². The van der Waals surface area contributed by atoms with Gasteiger partial charge < -0.3 is 10.1 Å². The van der Waals surface area contributed by atoms with Crippen LogP contribution >= 0.6 is 0 Å². The van der Waals surface area contributed by atoms with E-state index >= 15 is 0 Å².